The molecular formula is C13H23NO4S. The topological polar surface area (TPSA) is 64.6 Å². The Labute approximate surface area is 118 Å². The third kappa shape index (κ3) is 4.38. The Morgan fingerprint density at radius 3 is 2.00 bits per heavy atom. The molecule has 1 heterocycles. The van der Waals surface area contributed by atoms with Crippen molar-refractivity contribution in [2.45, 2.75) is 44.4 Å². The van der Waals surface area contributed by atoms with Gasteiger partial charge in [0.25, 0.3) is 4.87 Å². The molecule has 0 aromatic rings. The van der Waals surface area contributed by atoms with Crippen LogP contribution in [0.2, 0.25) is 0 Å². The first kappa shape index (κ1) is 16.3. The van der Waals surface area contributed by atoms with Gasteiger partial charge in [0.2, 0.25) is 0 Å². The molecule has 0 radical (unpaired) electrons. The zero-order valence-corrected chi connectivity index (χ0v) is 12.5. The number of unbranched alkanes of at least 4 members (excludes halogenated alkanes) is 2. The summed E-state index contributed by atoms with van der Waals surface area (Å²) in [5.74, 6) is -0.346. The van der Waals surface area contributed by atoms with Crippen molar-refractivity contribution in [2.75, 3.05) is 25.5 Å². The van der Waals surface area contributed by atoms with Crippen molar-refractivity contribution in [3.8, 4) is 0 Å². The minimum Gasteiger partial charge on any atom is -0.463 e. The van der Waals surface area contributed by atoms with Gasteiger partial charge in [-0.2, -0.15) is 0 Å². The molecule has 1 fully saturated rings. The van der Waals surface area contributed by atoms with Crippen molar-refractivity contribution in [3.63, 3.8) is 0 Å². The molecule has 19 heavy (non-hydrogen) atoms. The maximum Gasteiger partial charge on any atom is 0.348 e. The monoisotopic (exact) mass is 289 g/mol. The summed E-state index contributed by atoms with van der Waals surface area (Å²) in [4.78, 5) is 22.9. The van der Waals surface area contributed by atoms with Crippen LogP contribution in [0.4, 0.5) is 0 Å². The second kappa shape index (κ2) is 8.43. The van der Waals surface area contributed by atoms with E-state index in [0.29, 0.717) is 25.5 Å². The predicted octanol–water partition coefficient (Wildman–Crippen LogP) is 1.71. The number of nitrogens with one attached hydrogen (secondary N) is 1. The first-order valence-electron chi connectivity index (χ1n) is 6.90. The summed E-state index contributed by atoms with van der Waals surface area (Å²) in [6.45, 7) is 5.34. The molecule has 0 atom stereocenters. The van der Waals surface area contributed by atoms with E-state index in [-0.39, 0.29) is 0 Å². The summed E-state index contributed by atoms with van der Waals surface area (Å²) in [6, 6.07) is 0. The number of carbonyl (C=O) groups excluding carboxylic acids is 2. The zero-order chi connectivity index (χ0) is 14.1. The Hall–Kier alpha value is -0.750. The van der Waals surface area contributed by atoms with Crippen molar-refractivity contribution in [2.24, 2.45) is 0 Å². The van der Waals surface area contributed by atoms with Gasteiger partial charge in [0.1, 0.15) is 0 Å². The molecule has 0 amide bonds. The Bertz CT molecular complexity index is 279. The van der Waals surface area contributed by atoms with E-state index in [1.807, 2.05) is 13.8 Å². The van der Waals surface area contributed by atoms with Gasteiger partial charge in [-0.15, -0.1) is 11.8 Å². The summed E-state index contributed by atoms with van der Waals surface area (Å²) >= 11 is 1.26. The Morgan fingerprint density at radius 1 is 1.11 bits per heavy atom. The molecular weight excluding hydrogens is 266 g/mol. The number of ether oxygens (including phenoxy) is 2. The number of rotatable bonds is 8. The standard InChI is InChI=1S/C13H23NO4S/c1-3-5-8-17-11(15)13(14-7-10-19-13)12(16)18-9-6-4-2/h14H,3-10H2,1-2H3. The van der Waals surface area contributed by atoms with Crippen LogP contribution in [0.5, 0.6) is 0 Å². The van der Waals surface area contributed by atoms with E-state index in [9.17, 15) is 9.59 Å². The lowest BCUT2D eigenvalue weighted by Crippen LogP contribution is -2.54. The van der Waals surface area contributed by atoms with Crippen LogP contribution in [0.3, 0.4) is 0 Å². The van der Waals surface area contributed by atoms with Gasteiger partial charge in [0, 0.05) is 12.3 Å². The SMILES string of the molecule is CCCCOC(=O)C1(C(=O)OCCCC)NCCS1. The minimum absolute atomic E-state index is 0.349. The fourth-order valence-electron chi connectivity index (χ4n) is 1.65. The van der Waals surface area contributed by atoms with Crippen LogP contribution in [0.15, 0.2) is 0 Å². The fraction of sp³-hybridized carbons (Fsp3) is 0.846. The van der Waals surface area contributed by atoms with Gasteiger partial charge in [0.15, 0.2) is 0 Å². The largest absolute Gasteiger partial charge is 0.463 e. The van der Waals surface area contributed by atoms with Crippen LogP contribution in [0.1, 0.15) is 39.5 Å². The highest BCUT2D eigenvalue weighted by atomic mass is 32.2. The molecule has 1 saturated heterocycles. The highest BCUT2D eigenvalue weighted by Gasteiger charge is 2.52. The van der Waals surface area contributed by atoms with Crippen molar-refractivity contribution in [3.05, 3.63) is 0 Å². The van der Waals surface area contributed by atoms with Gasteiger partial charge in [-0.25, -0.2) is 9.59 Å². The first-order chi connectivity index (χ1) is 9.17. The number of esters is 2. The van der Waals surface area contributed by atoms with Gasteiger partial charge in [-0.1, -0.05) is 26.7 Å². The summed E-state index contributed by atoms with van der Waals surface area (Å²) in [6.07, 6.45) is 3.50. The second-order valence-corrected chi connectivity index (χ2v) is 5.74. The molecule has 0 aromatic heterocycles. The van der Waals surface area contributed by atoms with Crippen LogP contribution in [-0.4, -0.2) is 42.3 Å². The number of thioether (sulfide) groups is 1. The maximum atomic E-state index is 12.1. The molecule has 110 valence electrons. The molecule has 0 aromatic carbocycles. The predicted molar refractivity (Wildman–Crippen MR) is 74.9 cm³/mol. The quantitative estimate of drug-likeness (QED) is 0.417. The van der Waals surface area contributed by atoms with Gasteiger partial charge in [-0.3, -0.25) is 5.32 Å². The van der Waals surface area contributed by atoms with E-state index in [1.165, 1.54) is 11.8 Å². The van der Waals surface area contributed by atoms with E-state index in [2.05, 4.69) is 5.32 Å². The lowest BCUT2D eigenvalue weighted by Gasteiger charge is -2.24. The van der Waals surface area contributed by atoms with E-state index >= 15 is 0 Å². The van der Waals surface area contributed by atoms with Gasteiger partial charge in [-0.05, 0) is 12.8 Å². The Morgan fingerprint density at radius 2 is 1.63 bits per heavy atom. The normalized spacial score (nSPS) is 17.2. The molecule has 0 spiro atoms. The van der Waals surface area contributed by atoms with E-state index in [0.717, 1.165) is 25.7 Å². The summed E-state index contributed by atoms with van der Waals surface area (Å²) in [5.41, 5.74) is 0. The summed E-state index contributed by atoms with van der Waals surface area (Å²) in [5, 5.41) is 2.94. The molecule has 0 bridgehead atoms. The van der Waals surface area contributed by atoms with Crippen LogP contribution >= 0.6 is 11.8 Å². The first-order valence-corrected chi connectivity index (χ1v) is 7.89. The van der Waals surface area contributed by atoms with E-state index in [4.69, 9.17) is 9.47 Å². The van der Waals surface area contributed by atoms with Crippen LogP contribution < -0.4 is 5.32 Å². The molecule has 0 saturated carbocycles. The zero-order valence-electron chi connectivity index (χ0n) is 11.7. The molecule has 6 heteroatoms. The summed E-state index contributed by atoms with van der Waals surface area (Å²) in [7, 11) is 0. The fourth-order valence-corrected chi connectivity index (χ4v) is 2.72. The molecule has 5 nitrogen and oxygen atoms in total. The number of carbonyl (C=O) groups is 2. The van der Waals surface area contributed by atoms with Crippen molar-refractivity contribution < 1.29 is 19.1 Å². The molecule has 1 aliphatic heterocycles. The van der Waals surface area contributed by atoms with Gasteiger partial charge >= 0.3 is 11.9 Å². The van der Waals surface area contributed by atoms with Crippen molar-refractivity contribution in [1.29, 1.82) is 0 Å². The molecule has 1 N–H and O–H groups in total. The summed E-state index contributed by atoms with van der Waals surface area (Å²) < 4.78 is 10.3. The van der Waals surface area contributed by atoms with Crippen molar-refractivity contribution in [1.82, 2.24) is 5.32 Å². The van der Waals surface area contributed by atoms with Crippen molar-refractivity contribution >= 4 is 23.7 Å². The smallest absolute Gasteiger partial charge is 0.348 e. The maximum absolute atomic E-state index is 12.1. The molecule has 1 aliphatic rings. The molecule has 1 rings (SSSR count). The average Bonchev–Trinajstić information content (AvgIpc) is 2.89. The van der Waals surface area contributed by atoms with E-state index < -0.39 is 16.8 Å². The highest BCUT2D eigenvalue weighted by Crippen LogP contribution is 2.30. The Kier molecular flexibility index (Phi) is 7.23. The lowest BCUT2D eigenvalue weighted by molar-refractivity contribution is -0.160. The average molecular weight is 289 g/mol. The molecule has 0 aliphatic carbocycles. The third-order valence-electron chi connectivity index (χ3n) is 2.83. The number of hydrogen-bond donors (Lipinski definition) is 1. The van der Waals surface area contributed by atoms with E-state index in [1.54, 1.807) is 0 Å². The van der Waals surface area contributed by atoms with Crippen LogP contribution in [-0.2, 0) is 19.1 Å². The highest BCUT2D eigenvalue weighted by molar-refractivity contribution is 8.02. The van der Waals surface area contributed by atoms with Crippen LogP contribution in [0.25, 0.3) is 0 Å². The minimum atomic E-state index is -1.35. The molecule has 0 unspecified atom stereocenters. The lowest BCUT2D eigenvalue weighted by atomic mass is 10.2. The number of hydrogen-bond acceptors (Lipinski definition) is 6. The Balaban J connectivity index is 2.57. The van der Waals surface area contributed by atoms with Gasteiger partial charge < -0.3 is 9.47 Å². The third-order valence-corrected chi connectivity index (χ3v) is 4.15. The van der Waals surface area contributed by atoms with Gasteiger partial charge in [0.05, 0.1) is 13.2 Å². The second-order valence-electron chi connectivity index (χ2n) is 4.44. The van der Waals surface area contributed by atoms with Crippen LogP contribution in [0, 0.1) is 0 Å².